The number of anilines is 1. The summed E-state index contributed by atoms with van der Waals surface area (Å²) < 4.78 is 10.6. The molecule has 2 heterocycles. The lowest BCUT2D eigenvalue weighted by molar-refractivity contribution is 0.102. The molecule has 0 radical (unpaired) electrons. The van der Waals surface area contributed by atoms with Crippen LogP contribution in [0.5, 0.6) is 11.8 Å². The van der Waals surface area contributed by atoms with E-state index in [2.05, 4.69) is 20.5 Å². The number of rotatable bonds is 6. The fraction of sp³-hybridized carbons (Fsp3) is 0.385. The molecule has 1 amide bonds. The highest BCUT2D eigenvalue weighted by molar-refractivity contribution is 7.13. The van der Waals surface area contributed by atoms with Crippen molar-refractivity contribution in [3.8, 4) is 11.8 Å². The average Bonchev–Trinajstić information content (AvgIpc) is 2.97. The molecule has 0 fully saturated rings. The summed E-state index contributed by atoms with van der Waals surface area (Å²) in [5.74, 6) is 0.711. The van der Waals surface area contributed by atoms with Crippen molar-refractivity contribution in [2.75, 3.05) is 19.0 Å². The lowest BCUT2D eigenvalue weighted by Crippen LogP contribution is -2.13. The Labute approximate surface area is 126 Å². The van der Waals surface area contributed by atoms with Crippen molar-refractivity contribution < 1.29 is 14.3 Å². The Morgan fingerprint density at radius 3 is 2.76 bits per heavy atom. The van der Waals surface area contributed by atoms with Crippen LogP contribution in [0.4, 0.5) is 5.13 Å². The summed E-state index contributed by atoms with van der Waals surface area (Å²) in [4.78, 5) is 16.3. The summed E-state index contributed by atoms with van der Waals surface area (Å²) in [5.41, 5.74) is 1.93. The van der Waals surface area contributed by atoms with Gasteiger partial charge in [0.1, 0.15) is 5.51 Å². The van der Waals surface area contributed by atoms with E-state index in [1.54, 1.807) is 17.6 Å². The maximum Gasteiger partial charge on any atom is 0.257 e. The molecule has 0 aromatic carbocycles. The van der Waals surface area contributed by atoms with Gasteiger partial charge in [-0.2, -0.15) is 4.98 Å². The first kappa shape index (κ1) is 15.2. The highest BCUT2D eigenvalue weighted by atomic mass is 32.1. The standard InChI is InChI=1S/C13H16N4O3S/c1-8(2)6-20-11-5-9(4-10(15-11)19-3)12(18)16-13-17-14-7-21-13/h4-5,7-8H,6H2,1-3H3,(H,16,17,18). The van der Waals surface area contributed by atoms with Crippen molar-refractivity contribution in [3.63, 3.8) is 0 Å². The first-order valence-corrected chi connectivity index (χ1v) is 7.23. The molecule has 2 rings (SSSR count). The van der Waals surface area contributed by atoms with Gasteiger partial charge in [0.15, 0.2) is 0 Å². The molecule has 0 unspecified atom stereocenters. The summed E-state index contributed by atoms with van der Waals surface area (Å²) in [6.45, 7) is 4.57. The predicted octanol–water partition coefficient (Wildman–Crippen LogP) is 2.23. The molecule has 8 heteroatoms. The van der Waals surface area contributed by atoms with Crippen LogP contribution in [0.1, 0.15) is 24.2 Å². The summed E-state index contributed by atoms with van der Waals surface area (Å²) in [7, 11) is 1.49. The van der Waals surface area contributed by atoms with E-state index in [0.717, 1.165) is 0 Å². The molecular formula is C13H16N4O3S. The molecule has 0 atom stereocenters. The van der Waals surface area contributed by atoms with Gasteiger partial charge in [0.25, 0.3) is 5.91 Å². The number of aromatic nitrogens is 3. The van der Waals surface area contributed by atoms with E-state index in [9.17, 15) is 4.79 Å². The van der Waals surface area contributed by atoms with E-state index >= 15 is 0 Å². The highest BCUT2D eigenvalue weighted by Crippen LogP contribution is 2.20. The minimum absolute atomic E-state index is 0.318. The quantitative estimate of drug-likeness (QED) is 0.880. The molecule has 1 N–H and O–H groups in total. The van der Waals surface area contributed by atoms with Crippen LogP contribution < -0.4 is 14.8 Å². The molecule has 0 aliphatic heterocycles. The van der Waals surface area contributed by atoms with Gasteiger partial charge >= 0.3 is 0 Å². The lowest BCUT2D eigenvalue weighted by atomic mass is 10.2. The fourth-order valence-corrected chi connectivity index (χ4v) is 1.88. The zero-order chi connectivity index (χ0) is 15.2. The Hall–Kier alpha value is -2.22. The Bertz CT molecular complexity index is 601. The molecule has 112 valence electrons. The number of methoxy groups -OCH3 is 1. The number of nitrogens with zero attached hydrogens (tertiary/aromatic N) is 3. The number of carbonyl (C=O) groups is 1. The van der Waals surface area contributed by atoms with E-state index in [-0.39, 0.29) is 5.91 Å². The van der Waals surface area contributed by atoms with Crippen molar-refractivity contribution in [3.05, 3.63) is 23.2 Å². The van der Waals surface area contributed by atoms with Crippen LogP contribution in [0.25, 0.3) is 0 Å². The van der Waals surface area contributed by atoms with Crippen LogP contribution in [-0.4, -0.2) is 34.8 Å². The normalized spacial score (nSPS) is 10.5. The van der Waals surface area contributed by atoms with Crippen LogP contribution in [-0.2, 0) is 0 Å². The van der Waals surface area contributed by atoms with Crippen molar-refractivity contribution in [2.45, 2.75) is 13.8 Å². The summed E-state index contributed by atoms with van der Waals surface area (Å²) in [6.07, 6.45) is 0. The minimum atomic E-state index is -0.318. The van der Waals surface area contributed by atoms with Crippen molar-refractivity contribution in [2.24, 2.45) is 5.92 Å². The maximum atomic E-state index is 12.2. The third kappa shape index (κ3) is 4.38. The van der Waals surface area contributed by atoms with Crippen LogP contribution in [0.2, 0.25) is 0 Å². The van der Waals surface area contributed by atoms with Gasteiger partial charge in [0.2, 0.25) is 16.9 Å². The third-order valence-electron chi connectivity index (χ3n) is 2.39. The molecule has 0 saturated heterocycles. The van der Waals surface area contributed by atoms with Gasteiger partial charge in [0, 0.05) is 12.1 Å². The SMILES string of the molecule is COc1cc(C(=O)Nc2nncs2)cc(OCC(C)C)n1. The minimum Gasteiger partial charge on any atom is -0.481 e. The number of hydrogen-bond donors (Lipinski definition) is 1. The highest BCUT2D eigenvalue weighted by Gasteiger charge is 2.13. The molecule has 0 bridgehead atoms. The first-order chi connectivity index (χ1) is 10.1. The van der Waals surface area contributed by atoms with E-state index in [1.165, 1.54) is 18.4 Å². The smallest absolute Gasteiger partial charge is 0.257 e. The van der Waals surface area contributed by atoms with E-state index < -0.39 is 0 Å². The monoisotopic (exact) mass is 308 g/mol. The average molecular weight is 308 g/mol. The number of pyridine rings is 1. The molecule has 0 aliphatic carbocycles. The second-order valence-corrected chi connectivity index (χ2v) is 5.47. The van der Waals surface area contributed by atoms with Gasteiger partial charge < -0.3 is 9.47 Å². The number of amides is 1. The molecule has 0 spiro atoms. The number of hydrogen-bond acceptors (Lipinski definition) is 7. The fourth-order valence-electron chi connectivity index (χ4n) is 1.44. The summed E-state index contributed by atoms with van der Waals surface area (Å²) in [6, 6.07) is 3.11. The second kappa shape index (κ2) is 6.98. The molecule has 2 aromatic rings. The second-order valence-electron chi connectivity index (χ2n) is 4.64. The van der Waals surface area contributed by atoms with Crippen LogP contribution in [0, 0.1) is 5.92 Å². The largest absolute Gasteiger partial charge is 0.481 e. The first-order valence-electron chi connectivity index (χ1n) is 6.35. The molecular weight excluding hydrogens is 292 g/mol. The van der Waals surface area contributed by atoms with E-state index in [4.69, 9.17) is 9.47 Å². The molecule has 0 aliphatic rings. The summed E-state index contributed by atoms with van der Waals surface area (Å²) >= 11 is 1.24. The van der Waals surface area contributed by atoms with E-state index in [0.29, 0.717) is 35.0 Å². The van der Waals surface area contributed by atoms with Gasteiger partial charge in [-0.1, -0.05) is 25.2 Å². The zero-order valence-corrected chi connectivity index (χ0v) is 12.8. The Kier molecular flexibility index (Phi) is 5.04. The molecule has 7 nitrogen and oxygen atoms in total. The van der Waals surface area contributed by atoms with Gasteiger partial charge in [-0.05, 0) is 5.92 Å². The maximum absolute atomic E-state index is 12.2. The van der Waals surface area contributed by atoms with Gasteiger partial charge in [0.05, 0.1) is 19.3 Å². The molecule has 0 saturated carbocycles. The number of ether oxygens (including phenoxy) is 2. The molecule has 2 aromatic heterocycles. The van der Waals surface area contributed by atoms with Crippen LogP contribution in [0.15, 0.2) is 17.6 Å². The Morgan fingerprint density at radius 1 is 1.38 bits per heavy atom. The van der Waals surface area contributed by atoms with Gasteiger partial charge in [-0.25, -0.2) is 0 Å². The lowest BCUT2D eigenvalue weighted by Gasteiger charge is -2.10. The number of carbonyl (C=O) groups excluding carboxylic acids is 1. The third-order valence-corrected chi connectivity index (χ3v) is 3.00. The van der Waals surface area contributed by atoms with Gasteiger partial charge in [-0.15, -0.1) is 10.2 Å². The van der Waals surface area contributed by atoms with Crippen molar-refractivity contribution >= 4 is 22.4 Å². The van der Waals surface area contributed by atoms with Gasteiger partial charge in [-0.3, -0.25) is 10.1 Å². The summed E-state index contributed by atoms with van der Waals surface area (Å²) in [5, 5.41) is 10.5. The predicted molar refractivity (Wildman–Crippen MR) is 79.0 cm³/mol. The van der Waals surface area contributed by atoms with Crippen LogP contribution >= 0.6 is 11.3 Å². The topological polar surface area (TPSA) is 86.2 Å². The Balaban J connectivity index is 2.17. The number of nitrogens with one attached hydrogen (secondary N) is 1. The Morgan fingerprint density at radius 2 is 2.14 bits per heavy atom. The van der Waals surface area contributed by atoms with Crippen molar-refractivity contribution in [1.29, 1.82) is 0 Å². The molecule has 21 heavy (non-hydrogen) atoms. The van der Waals surface area contributed by atoms with E-state index in [1.807, 2.05) is 13.8 Å². The van der Waals surface area contributed by atoms with Crippen LogP contribution in [0.3, 0.4) is 0 Å². The zero-order valence-electron chi connectivity index (χ0n) is 12.0. The van der Waals surface area contributed by atoms with Crippen molar-refractivity contribution in [1.82, 2.24) is 15.2 Å².